The summed E-state index contributed by atoms with van der Waals surface area (Å²) in [4.78, 5) is 28.8. The Morgan fingerprint density at radius 3 is 2.42 bits per heavy atom. The second-order valence-electron chi connectivity index (χ2n) is 7.47. The number of aryl methyl sites for hydroxylation is 2. The van der Waals surface area contributed by atoms with Crippen LogP contribution in [-0.4, -0.2) is 32.7 Å². The first-order valence-corrected chi connectivity index (χ1v) is 10.3. The van der Waals surface area contributed by atoms with E-state index in [4.69, 9.17) is 11.6 Å². The quantitative estimate of drug-likeness (QED) is 0.539. The number of hydrogen-bond acceptors (Lipinski definition) is 4. The molecule has 162 valence electrons. The first kappa shape index (κ1) is 22.3. The van der Waals surface area contributed by atoms with E-state index < -0.39 is 0 Å². The predicted octanol–water partition coefficient (Wildman–Crippen LogP) is 4.00. The molecular formula is C22H25ClN6O2. The maximum atomic E-state index is 12.7. The van der Waals surface area contributed by atoms with Gasteiger partial charge in [-0.25, -0.2) is 14.5 Å². The van der Waals surface area contributed by atoms with E-state index in [9.17, 15) is 9.59 Å². The van der Waals surface area contributed by atoms with E-state index in [1.165, 1.54) is 0 Å². The van der Waals surface area contributed by atoms with Crippen LogP contribution in [0.1, 0.15) is 41.3 Å². The molecule has 9 heteroatoms. The number of nitrogens with zero attached hydrogens (tertiary/aromatic N) is 3. The summed E-state index contributed by atoms with van der Waals surface area (Å²) >= 11 is 6.21. The number of amides is 3. The van der Waals surface area contributed by atoms with Gasteiger partial charge in [-0.1, -0.05) is 23.7 Å². The number of rotatable bonds is 6. The van der Waals surface area contributed by atoms with Gasteiger partial charge in [-0.3, -0.25) is 4.79 Å². The van der Waals surface area contributed by atoms with E-state index in [-0.39, 0.29) is 28.7 Å². The Bertz CT molecular complexity index is 1090. The fraction of sp³-hybridized carbons (Fsp3) is 0.273. The SMILES string of the molecule is Cc1cc(C)n(-c2ccc(Cl)c(C(=O)NCc3ccc(NC(=O)NC(C)C)cc3)n2)n1. The molecule has 0 atom stereocenters. The van der Waals surface area contributed by atoms with Gasteiger partial charge in [-0.05, 0) is 63.6 Å². The van der Waals surface area contributed by atoms with Crippen molar-refractivity contribution in [1.82, 2.24) is 25.4 Å². The summed E-state index contributed by atoms with van der Waals surface area (Å²) in [7, 11) is 0. The average molecular weight is 441 g/mol. The maximum absolute atomic E-state index is 12.7. The molecule has 0 spiro atoms. The summed E-state index contributed by atoms with van der Waals surface area (Å²) in [6.45, 7) is 7.88. The molecule has 0 aliphatic heterocycles. The van der Waals surface area contributed by atoms with Crippen molar-refractivity contribution in [1.29, 1.82) is 0 Å². The third kappa shape index (κ3) is 5.82. The Balaban J connectivity index is 1.65. The molecule has 0 aliphatic carbocycles. The molecule has 2 heterocycles. The molecule has 0 saturated carbocycles. The van der Waals surface area contributed by atoms with Crippen molar-refractivity contribution < 1.29 is 9.59 Å². The Hall–Kier alpha value is -3.39. The van der Waals surface area contributed by atoms with Crippen molar-refractivity contribution >= 4 is 29.2 Å². The Morgan fingerprint density at radius 1 is 1.10 bits per heavy atom. The van der Waals surface area contributed by atoms with E-state index in [1.807, 2.05) is 45.9 Å². The predicted molar refractivity (Wildman–Crippen MR) is 121 cm³/mol. The number of carbonyl (C=O) groups is 2. The highest BCUT2D eigenvalue weighted by Gasteiger charge is 2.15. The largest absolute Gasteiger partial charge is 0.347 e. The molecule has 0 unspecified atom stereocenters. The monoisotopic (exact) mass is 440 g/mol. The maximum Gasteiger partial charge on any atom is 0.319 e. The van der Waals surface area contributed by atoms with Crippen LogP contribution in [0, 0.1) is 13.8 Å². The molecule has 0 radical (unpaired) electrons. The first-order chi connectivity index (χ1) is 14.7. The van der Waals surface area contributed by atoms with Crippen molar-refractivity contribution in [3.8, 4) is 5.82 Å². The Kier molecular flexibility index (Phi) is 6.91. The molecule has 3 amide bonds. The second kappa shape index (κ2) is 9.61. The molecule has 0 fully saturated rings. The zero-order valence-corrected chi connectivity index (χ0v) is 18.6. The number of carbonyl (C=O) groups excluding carboxylic acids is 2. The third-order valence-electron chi connectivity index (χ3n) is 4.36. The third-order valence-corrected chi connectivity index (χ3v) is 4.66. The number of anilines is 1. The molecule has 3 N–H and O–H groups in total. The molecule has 0 aliphatic rings. The van der Waals surface area contributed by atoms with Gasteiger partial charge in [0, 0.05) is 24.0 Å². The summed E-state index contributed by atoms with van der Waals surface area (Å²) in [6.07, 6.45) is 0. The van der Waals surface area contributed by atoms with E-state index >= 15 is 0 Å². The van der Waals surface area contributed by atoms with Crippen LogP contribution < -0.4 is 16.0 Å². The van der Waals surface area contributed by atoms with Gasteiger partial charge in [0.15, 0.2) is 5.82 Å². The van der Waals surface area contributed by atoms with E-state index in [0.29, 0.717) is 18.1 Å². The smallest absolute Gasteiger partial charge is 0.319 e. The first-order valence-electron chi connectivity index (χ1n) is 9.88. The van der Waals surface area contributed by atoms with Crippen LogP contribution in [0.3, 0.4) is 0 Å². The van der Waals surface area contributed by atoms with Crippen LogP contribution >= 0.6 is 11.6 Å². The number of aromatic nitrogens is 3. The number of urea groups is 1. The number of hydrogen-bond donors (Lipinski definition) is 3. The second-order valence-corrected chi connectivity index (χ2v) is 7.88. The topological polar surface area (TPSA) is 101 Å². The molecule has 1 aromatic carbocycles. The lowest BCUT2D eigenvalue weighted by Crippen LogP contribution is -2.34. The fourth-order valence-corrected chi connectivity index (χ4v) is 3.16. The van der Waals surface area contributed by atoms with Crippen molar-refractivity contribution in [3.63, 3.8) is 0 Å². The van der Waals surface area contributed by atoms with E-state index in [2.05, 4.69) is 26.0 Å². The Labute approximate surface area is 186 Å². The molecule has 31 heavy (non-hydrogen) atoms. The van der Waals surface area contributed by atoms with Crippen LogP contribution in [0.25, 0.3) is 5.82 Å². The number of halogens is 1. The summed E-state index contributed by atoms with van der Waals surface area (Å²) in [6, 6.07) is 12.3. The average Bonchev–Trinajstić information content (AvgIpc) is 3.05. The Morgan fingerprint density at radius 2 is 1.81 bits per heavy atom. The standard InChI is InChI=1S/C22H25ClN6O2/c1-13(2)25-22(31)26-17-7-5-16(6-8-17)12-24-21(30)20-18(23)9-10-19(27-20)29-15(4)11-14(3)28-29/h5-11,13H,12H2,1-4H3,(H,24,30)(H2,25,26,31). The lowest BCUT2D eigenvalue weighted by molar-refractivity contribution is 0.0946. The van der Waals surface area contributed by atoms with Gasteiger partial charge in [0.25, 0.3) is 5.91 Å². The van der Waals surface area contributed by atoms with Gasteiger partial charge in [-0.2, -0.15) is 5.10 Å². The normalized spacial score (nSPS) is 10.8. The van der Waals surface area contributed by atoms with Gasteiger partial charge < -0.3 is 16.0 Å². The highest BCUT2D eigenvalue weighted by molar-refractivity contribution is 6.33. The summed E-state index contributed by atoms with van der Waals surface area (Å²) in [5.41, 5.74) is 3.44. The molecule has 3 aromatic rings. The number of nitrogens with one attached hydrogen (secondary N) is 3. The zero-order valence-electron chi connectivity index (χ0n) is 17.9. The lowest BCUT2D eigenvalue weighted by atomic mass is 10.2. The molecule has 8 nitrogen and oxygen atoms in total. The van der Waals surface area contributed by atoms with Crippen LogP contribution in [-0.2, 0) is 6.54 Å². The zero-order chi connectivity index (χ0) is 22.5. The highest BCUT2D eigenvalue weighted by atomic mass is 35.5. The molecule has 3 rings (SSSR count). The summed E-state index contributed by atoms with van der Waals surface area (Å²) in [5.74, 6) is 0.141. The summed E-state index contributed by atoms with van der Waals surface area (Å²) < 4.78 is 1.67. The van der Waals surface area contributed by atoms with E-state index in [1.54, 1.807) is 28.9 Å². The number of pyridine rings is 1. The van der Waals surface area contributed by atoms with Crippen LogP contribution in [0.2, 0.25) is 5.02 Å². The van der Waals surface area contributed by atoms with Gasteiger partial charge in [0.2, 0.25) is 0 Å². The van der Waals surface area contributed by atoms with Gasteiger partial charge in [0.1, 0.15) is 5.69 Å². The summed E-state index contributed by atoms with van der Waals surface area (Å²) in [5, 5.41) is 13.0. The van der Waals surface area contributed by atoms with E-state index in [0.717, 1.165) is 17.0 Å². The fourth-order valence-electron chi connectivity index (χ4n) is 2.97. The lowest BCUT2D eigenvalue weighted by Gasteiger charge is -2.11. The highest BCUT2D eigenvalue weighted by Crippen LogP contribution is 2.18. The van der Waals surface area contributed by atoms with Crippen molar-refractivity contribution in [2.45, 2.75) is 40.3 Å². The number of benzene rings is 1. The molecule has 0 saturated heterocycles. The minimum absolute atomic E-state index is 0.0506. The van der Waals surface area contributed by atoms with Crippen molar-refractivity contribution in [2.24, 2.45) is 0 Å². The van der Waals surface area contributed by atoms with Gasteiger partial charge >= 0.3 is 6.03 Å². The molecule has 0 bridgehead atoms. The van der Waals surface area contributed by atoms with Gasteiger partial charge in [0.05, 0.1) is 10.7 Å². The van der Waals surface area contributed by atoms with Crippen LogP contribution in [0.4, 0.5) is 10.5 Å². The molecular weight excluding hydrogens is 416 g/mol. The van der Waals surface area contributed by atoms with Crippen LogP contribution in [0.5, 0.6) is 0 Å². The minimum Gasteiger partial charge on any atom is -0.347 e. The van der Waals surface area contributed by atoms with Crippen molar-refractivity contribution in [3.05, 3.63) is 70.1 Å². The minimum atomic E-state index is -0.383. The van der Waals surface area contributed by atoms with Gasteiger partial charge in [-0.15, -0.1) is 0 Å². The van der Waals surface area contributed by atoms with Crippen LogP contribution in [0.15, 0.2) is 42.5 Å². The molecule has 2 aromatic heterocycles. The van der Waals surface area contributed by atoms with Crippen molar-refractivity contribution in [2.75, 3.05) is 5.32 Å².